The van der Waals surface area contributed by atoms with E-state index < -0.39 is 78.1 Å². The molecule has 2 atom stereocenters. The van der Waals surface area contributed by atoms with Gasteiger partial charge in [-0.05, 0) is 60.1 Å². The Bertz CT molecular complexity index is 1560. The molecule has 0 unspecified atom stereocenters. The Morgan fingerprint density at radius 2 is 0.826 bits per heavy atom. The average Bonchev–Trinajstić information content (AvgIpc) is 2.83. The molecule has 0 aliphatic heterocycles. The van der Waals surface area contributed by atoms with Crippen LogP contribution in [0.4, 0.5) is 0 Å². The minimum atomic E-state index is -5.27. The summed E-state index contributed by atoms with van der Waals surface area (Å²) >= 11 is 0. The summed E-state index contributed by atoms with van der Waals surface area (Å²) in [7, 11) is -18.7. The summed E-state index contributed by atoms with van der Waals surface area (Å²) in [4.78, 5) is 0. The molecule has 238 valence electrons. The normalized spacial score (nSPS) is 12.9. The summed E-state index contributed by atoms with van der Waals surface area (Å²) in [6.45, 7) is -1.72. The maximum atomic E-state index is 11.2. The van der Waals surface area contributed by atoms with Gasteiger partial charge in [0.25, 0.3) is 20.8 Å². The van der Waals surface area contributed by atoms with E-state index in [0.29, 0.717) is 0 Å². The molecule has 0 aromatic heterocycles. The Balaban J connectivity index is -0.00000462. The molecule has 0 N–H and O–H groups in total. The van der Waals surface area contributed by atoms with Crippen LogP contribution in [0.3, 0.4) is 0 Å². The van der Waals surface area contributed by atoms with Crippen molar-refractivity contribution >= 4 is 41.6 Å². The van der Waals surface area contributed by atoms with E-state index >= 15 is 0 Å². The van der Waals surface area contributed by atoms with Gasteiger partial charge in [-0.3, -0.25) is 8.37 Å². The van der Waals surface area contributed by atoms with Crippen molar-refractivity contribution in [2.45, 2.75) is 12.8 Å². The Hall–Kier alpha value is 1.20. The molecular formula is C20H22Na4O18S4. The smallest absolute Gasteiger partial charge is 0.726 e. The summed E-state index contributed by atoms with van der Waals surface area (Å²) in [5, 5.41) is 0. The molecule has 0 spiro atoms. The Labute approximate surface area is 355 Å². The van der Waals surface area contributed by atoms with E-state index in [1.165, 1.54) is 24.3 Å². The molecular weight excluding hydrogens is 748 g/mol. The maximum absolute atomic E-state index is 11.2. The third-order valence-corrected chi connectivity index (χ3v) is 6.97. The van der Waals surface area contributed by atoms with Gasteiger partial charge in [0.2, 0.25) is 20.8 Å². The summed E-state index contributed by atoms with van der Waals surface area (Å²) in [6.07, 6.45) is -0.480. The van der Waals surface area contributed by atoms with Gasteiger partial charge in [-0.1, -0.05) is 12.1 Å². The first kappa shape index (κ1) is 51.6. The van der Waals surface area contributed by atoms with Crippen LogP contribution in [0.1, 0.15) is 11.1 Å². The molecule has 0 aliphatic rings. The Morgan fingerprint density at radius 3 is 1.07 bits per heavy atom. The first-order chi connectivity index (χ1) is 19.2. The first-order valence-corrected chi connectivity index (χ1v) is 16.4. The zero-order chi connectivity index (χ0) is 31.9. The van der Waals surface area contributed by atoms with E-state index in [4.69, 9.17) is 9.47 Å². The van der Waals surface area contributed by atoms with Crippen LogP contribution in [-0.4, -0.2) is 79.3 Å². The van der Waals surface area contributed by atoms with Crippen LogP contribution in [-0.2, 0) is 62.8 Å². The summed E-state index contributed by atoms with van der Waals surface area (Å²) in [6, 6.07) is 6.94. The van der Waals surface area contributed by atoms with Crippen molar-refractivity contribution in [2.24, 2.45) is 11.8 Å². The quantitative estimate of drug-likeness (QED) is 0.0820. The van der Waals surface area contributed by atoms with Gasteiger partial charge in [0.15, 0.2) is 23.0 Å². The van der Waals surface area contributed by atoms with Gasteiger partial charge in [-0.2, -0.15) is 0 Å². The molecule has 0 fully saturated rings. The molecule has 2 aromatic carbocycles. The van der Waals surface area contributed by atoms with E-state index in [1.54, 1.807) is 0 Å². The minimum absolute atomic E-state index is 0. The summed E-state index contributed by atoms with van der Waals surface area (Å²) in [5.74, 6) is -3.72. The fraction of sp³-hybridized carbons (Fsp3) is 0.400. The second-order valence-corrected chi connectivity index (χ2v) is 12.3. The van der Waals surface area contributed by atoms with Crippen LogP contribution in [0.2, 0.25) is 0 Å². The van der Waals surface area contributed by atoms with Crippen LogP contribution in [0.5, 0.6) is 23.0 Å². The first-order valence-electron chi connectivity index (χ1n) is 11.0. The standard InChI is InChI=1S/C20H26O18S4.4Na/c1-33-19-9-13(3-5-17(19)37-41(27,28)29)7-15(11-35-39(21,22)23)16(12-36-40(24,25)26)8-14-4-6-18(20(10-14)34-2)38-42(30,31)32;;;;/h3-6,9-10,15-16H,7-8,11-12H2,1-2H3,(H,21,22,23)(H,24,25,26)(H,27,28,29)(H,30,31,32);;;;/q;4*+1/p-4/t15-,16-;;;;/m0..../s1. The van der Waals surface area contributed by atoms with E-state index in [-0.39, 0.29) is 154 Å². The molecule has 0 bridgehead atoms. The van der Waals surface area contributed by atoms with Gasteiger partial charge < -0.3 is 36.1 Å². The molecule has 0 radical (unpaired) electrons. The molecule has 0 amide bonds. The van der Waals surface area contributed by atoms with Crippen molar-refractivity contribution in [1.82, 2.24) is 0 Å². The number of hydrogen-bond donors (Lipinski definition) is 0. The van der Waals surface area contributed by atoms with Gasteiger partial charge >= 0.3 is 118 Å². The summed E-state index contributed by atoms with van der Waals surface area (Å²) in [5.41, 5.74) is 0.493. The molecule has 2 aromatic rings. The van der Waals surface area contributed by atoms with Gasteiger partial charge in [0, 0.05) is 0 Å². The molecule has 46 heavy (non-hydrogen) atoms. The van der Waals surface area contributed by atoms with E-state index in [2.05, 4.69) is 16.7 Å². The number of hydrogen-bond acceptors (Lipinski definition) is 18. The molecule has 0 saturated carbocycles. The zero-order valence-electron chi connectivity index (χ0n) is 25.4. The van der Waals surface area contributed by atoms with Gasteiger partial charge in [-0.15, -0.1) is 0 Å². The van der Waals surface area contributed by atoms with Crippen LogP contribution >= 0.6 is 0 Å². The molecule has 26 heteroatoms. The SMILES string of the molecule is COc1cc(C[C@@H](COS(=O)(=O)[O-])[C@H](COS(=O)(=O)[O-])Cc2ccc(OS(=O)(=O)[O-])c(OC)c2)ccc1OS(=O)(=O)[O-].[Na+].[Na+].[Na+].[Na+]. The average molecular weight is 771 g/mol. The predicted molar refractivity (Wildman–Crippen MR) is 132 cm³/mol. The molecule has 0 aliphatic carbocycles. The zero-order valence-corrected chi connectivity index (χ0v) is 36.7. The Kier molecular flexibility index (Phi) is 24.9. The number of ether oxygens (including phenoxy) is 2. The van der Waals surface area contributed by atoms with Crippen LogP contribution in [0, 0.1) is 11.8 Å². The van der Waals surface area contributed by atoms with Crippen molar-refractivity contribution in [1.29, 1.82) is 0 Å². The molecule has 0 heterocycles. The largest absolute Gasteiger partial charge is 1.00 e. The van der Waals surface area contributed by atoms with Gasteiger partial charge in [0.1, 0.15) is 0 Å². The minimum Gasteiger partial charge on any atom is -0.726 e. The van der Waals surface area contributed by atoms with E-state index in [9.17, 15) is 51.9 Å². The van der Waals surface area contributed by atoms with Crippen LogP contribution < -0.4 is 136 Å². The fourth-order valence-electron chi connectivity index (χ4n) is 3.71. The fourth-order valence-corrected chi connectivity index (χ4v) is 5.10. The monoisotopic (exact) mass is 770 g/mol. The third-order valence-electron chi connectivity index (χ3n) is 5.36. The van der Waals surface area contributed by atoms with Crippen LogP contribution in [0.15, 0.2) is 36.4 Å². The molecule has 0 saturated heterocycles. The maximum Gasteiger partial charge on any atom is 1.00 e. The topological polar surface area (TPSA) is 284 Å². The van der Waals surface area contributed by atoms with E-state index in [1.807, 2.05) is 0 Å². The van der Waals surface area contributed by atoms with E-state index in [0.717, 1.165) is 26.4 Å². The van der Waals surface area contributed by atoms with Crippen LogP contribution in [0.25, 0.3) is 0 Å². The number of rotatable bonds is 17. The van der Waals surface area contributed by atoms with Crippen molar-refractivity contribution in [3.63, 3.8) is 0 Å². The van der Waals surface area contributed by atoms with Crippen molar-refractivity contribution in [3.8, 4) is 23.0 Å². The van der Waals surface area contributed by atoms with Crippen molar-refractivity contribution in [3.05, 3.63) is 47.5 Å². The van der Waals surface area contributed by atoms with Crippen molar-refractivity contribution in [2.75, 3.05) is 27.4 Å². The number of benzene rings is 2. The number of methoxy groups -OCH3 is 2. The predicted octanol–water partition coefficient (Wildman–Crippen LogP) is -12.6. The second kappa shape index (κ2) is 22.2. The molecule has 2 rings (SSSR count). The van der Waals surface area contributed by atoms with Crippen molar-refractivity contribution < 1.29 is 196 Å². The van der Waals surface area contributed by atoms with Gasteiger partial charge in [-0.25, -0.2) is 33.7 Å². The summed E-state index contributed by atoms with van der Waals surface area (Å²) < 4.78 is 161. The Morgan fingerprint density at radius 1 is 0.522 bits per heavy atom. The van der Waals surface area contributed by atoms with Gasteiger partial charge in [0.05, 0.1) is 27.4 Å². The second-order valence-electron chi connectivity index (χ2n) is 8.27. The molecule has 18 nitrogen and oxygen atoms in total. The third kappa shape index (κ3) is 20.8.